The summed E-state index contributed by atoms with van der Waals surface area (Å²) in [6.45, 7) is 0.365. The van der Waals surface area contributed by atoms with Crippen LogP contribution in [-0.2, 0) is 11.3 Å². The molecule has 5 nitrogen and oxygen atoms in total. The van der Waals surface area contributed by atoms with Crippen LogP contribution in [-0.4, -0.2) is 17.6 Å². The number of para-hydroxylation sites is 1. The van der Waals surface area contributed by atoms with Crippen molar-refractivity contribution < 1.29 is 19.1 Å². The molecule has 3 aromatic rings. The number of furan rings is 1. The van der Waals surface area contributed by atoms with E-state index >= 15 is 0 Å². The first kappa shape index (κ1) is 16.3. The van der Waals surface area contributed by atoms with Crippen LogP contribution in [0.2, 0.25) is 0 Å². The molecule has 2 aromatic heterocycles. The molecule has 0 bridgehead atoms. The SMILES string of the molecule is O=C(COc1ccccc1)NCc1ccc([C@@H](O)c2ccco2)s1. The van der Waals surface area contributed by atoms with Crippen LogP contribution in [0.15, 0.2) is 65.3 Å². The average molecular weight is 343 g/mol. The molecular weight excluding hydrogens is 326 g/mol. The number of hydrogen-bond donors (Lipinski definition) is 2. The smallest absolute Gasteiger partial charge is 0.258 e. The second kappa shape index (κ2) is 7.81. The van der Waals surface area contributed by atoms with Gasteiger partial charge in [0.2, 0.25) is 0 Å². The third-order valence-electron chi connectivity index (χ3n) is 3.34. The third-order valence-corrected chi connectivity index (χ3v) is 4.48. The number of benzene rings is 1. The monoisotopic (exact) mass is 343 g/mol. The lowest BCUT2D eigenvalue weighted by Crippen LogP contribution is -2.28. The summed E-state index contributed by atoms with van der Waals surface area (Å²) in [5, 5.41) is 13.0. The first-order chi connectivity index (χ1) is 11.7. The van der Waals surface area contributed by atoms with Gasteiger partial charge in [0.05, 0.1) is 12.8 Å². The fraction of sp³-hybridized carbons (Fsp3) is 0.167. The van der Waals surface area contributed by atoms with Gasteiger partial charge in [-0.15, -0.1) is 11.3 Å². The molecule has 0 spiro atoms. The highest BCUT2D eigenvalue weighted by atomic mass is 32.1. The molecule has 1 atom stereocenters. The molecule has 0 fully saturated rings. The summed E-state index contributed by atoms with van der Waals surface area (Å²) < 4.78 is 10.6. The van der Waals surface area contributed by atoms with Crippen LogP contribution < -0.4 is 10.1 Å². The zero-order chi connectivity index (χ0) is 16.8. The van der Waals surface area contributed by atoms with Gasteiger partial charge in [0.1, 0.15) is 17.6 Å². The van der Waals surface area contributed by atoms with E-state index in [2.05, 4.69) is 5.32 Å². The van der Waals surface area contributed by atoms with E-state index in [0.717, 1.165) is 9.75 Å². The Morgan fingerprint density at radius 1 is 1.17 bits per heavy atom. The van der Waals surface area contributed by atoms with Gasteiger partial charge in [-0.2, -0.15) is 0 Å². The molecule has 1 aromatic carbocycles. The quantitative estimate of drug-likeness (QED) is 0.691. The molecule has 6 heteroatoms. The van der Waals surface area contributed by atoms with Crippen LogP contribution in [0.3, 0.4) is 0 Å². The van der Waals surface area contributed by atoms with E-state index in [9.17, 15) is 9.90 Å². The summed E-state index contributed by atoms with van der Waals surface area (Å²) in [6.07, 6.45) is 0.746. The summed E-state index contributed by atoms with van der Waals surface area (Å²) in [6, 6.07) is 16.4. The number of nitrogens with one attached hydrogen (secondary N) is 1. The number of carbonyl (C=O) groups is 1. The van der Waals surface area contributed by atoms with E-state index in [1.165, 1.54) is 17.6 Å². The Labute approximate surface area is 143 Å². The van der Waals surface area contributed by atoms with Gasteiger partial charge in [0.15, 0.2) is 6.61 Å². The van der Waals surface area contributed by atoms with Crippen molar-refractivity contribution in [1.29, 1.82) is 0 Å². The van der Waals surface area contributed by atoms with Crippen molar-refractivity contribution in [2.24, 2.45) is 0 Å². The van der Waals surface area contributed by atoms with E-state index in [4.69, 9.17) is 9.15 Å². The Morgan fingerprint density at radius 2 is 2.00 bits per heavy atom. The summed E-state index contributed by atoms with van der Waals surface area (Å²) in [4.78, 5) is 13.5. The second-order valence-corrected chi connectivity index (χ2v) is 6.30. The number of ether oxygens (including phenoxy) is 1. The summed E-state index contributed by atoms with van der Waals surface area (Å²) in [5.41, 5.74) is 0. The number of aliphatic hydroxyl groups is 1. The summed E-state index contributed by atoms with van der Waals surface area (Å²) in [7, 11) is 0. The minimum Gasteiger partial charge on any atom is -0.484 e. The lowest BCUT2D eigenvalue weighted by atomic mass is 10.2. The molecule has 2 N–H and O–H groups in total. The van der Waals surface area contributed by atoms with E-state index in [1.54, 1.807) is 24.3 Å². The Morgan fingerprint density at radius 3 is 2.75 bits per heavy atom. The molecule has 124 valence electrons. The van der Waals surface area contributed by atoms with Gasteiger partial charge < -0.3 is 19.6 Å². The molecule has 0 aliphatic rings. The van der Waals surface area contributed by atoms with Crippen LogP contribution in [0.5, 0.6) is 5.75 Å². The minimum absolute atomic E-state index is 0.0305. The second-order valence-electron chi connectivity index (χ2n) is 5.10. The maximum atomic E-state index is 11.8. The molecule has 0 saturated heterocycles. The van der Waals surface area contributed by atoms with Gasteiger partial charge in [0.25, 0.3) is 5.91 Å². The third kappa shape index (κ3) is 4.24. The van der Waals surface area contributed by atoms with Crippen molar-refractivity contribution in [1.82, 2.24) is 5.32 Å². The number of thiophene rings is 1. The van der Waals surface area contributed by atoms with E-state index in [-0.39, 0.29) is 12.5 Å². The molecular formula is C18H17NO4S. The molecule has 0 aliphatic carbocycles. The fourth-order valence-corrected chi connectivity index (χ4v) is 3.07. The summed E-state index contributed by atoms with van der Waals surface area (Å²) in [5.74, 6) is 0.969. The first-order valence-electron chi connectivity index (χ1n) is 7.47. The van der Waals surface area contributed by atoms with E-state index in [0.29, 0.717) is 18.1 Å². The average Bonchev–Trinajstić information content (AvgIpc) is 3.30. The predicted molar refractivity (Wildman–Crippen MR) is 90.9 cm³/mol. The largest absolute Gasteiger partial charge is 0.484 e. The zero-order valence-corrected chi connectivity index (χ0v) is 13.7. The lowest BCUT2D eigenvalue weighted by molar-refractivity contribution is -0.123. The van der Waals surface area contributed by atoms with Crippen LogP contribution in [0.25, 0.3) is 0 Å². The van der Waals surface area contributed by atoms with Crippen molar-refractivity contribution in [3.63, 3.8) is 0 Å². The molecule has 2 heterocycles. The Hall–Kier alpha value is -2.57. The van der Waals surface area contributed by atoms with Crippen LogP contribution in [0.1, 0.15) is 21.6 Å². The maximum Gasteiger partial charge on any atom is 0.258 e. The van der Waals surface area contributed by atoms with Crippen molar-refractivity contribution in [3.8, 4) is 5.75 Å². The minimum atomic E-state index is -0.782. The number of rotatable bonds is 7. The van der Waals surface area contributed by atoms with Crippen molar-refractivity contribution in [2.45, 2.75) is 12.6 Å². The van der Waals surface area contributed by atoms with Gasteiger partial charge in [0, 0.05) is 9.75 Å². The van der Waals surface area contributed by atoms with Crippen molar-refractivity contribution >= 4 is 17.2 Å². The molecule has 0 radical (unpaired) electrons. The van der Waals surface area contributed by atoms with Gasteiger partial charge in [-0.1, -0.05) is 18.2 Å². The number of amides is 1. The van der Waals surface area contributed by atoms with Gasteiger partial charge >= 0.3 is 0 Å². The Balaban J connectivity index is 1.47. The standard InChI is InChI=1S/C18H17NO4S/c20-17(12-23-13-5-2-1-3-6-13)19-11-14-8-9-16(24-14)18(21)15-7-4-10-22-15/h1-10,18,21H,11-12H2,(H,19,20)/t18-/m0/s1. The highest BCUT2D eigenvalue weighted by molar-refractivity contribution is 7.12. The van der Waals surface area contributed by atoms with Crippen molar-refractivity contribution in [2.75, 3.05) is 6.61 Å². The Bertz CT molecular complexity index is 767. The molecule has 24 heavy (non-hydrogen) atoms. The first-order valence-corrected chi connectivity index (χ1v) is 8.28. The van der Waals surface area contributed by atoms with Crippen LogP contribution >= 0.6 is 11.3 Å². The molecule has 0 unspecified atom stereocenters. The van der Waals surface area contributed by atoms with Crippen molar-refractivity contribution in [3.05, 3.63) is 76.4 Å². The van der Waals surface area contributed by atoms with Gasteiger partial charge in [-0.05, 0) is 36.4 Å². The molecule has 0 aliphatic heterocycles. The number of carbonyl (C=O) groups excluding carboxylic acids is 1. The normalized spacial score (nSPS) is 11.9. The highest BCUT2D eigenvalue weighted by Gasteiger charge is 2.15. The molecule has 0 saturated carbocycles. The molecule has 3 rings (SSSR count). The van der Waals surface area contributed by atoms with E-state index < -0.39 is 6.10 Å². The lowest BCUT2D eigenvalue weighted by Gasteiger charge is -2.06. The van der Waals surface area contributed by atoms with Gasteiger partial charge in [-0.25, -0.2) is 0 Å². The van der Waals surface area contributed by atoms with Crippen LogP contribution in [0.4, 0.5) is 0 Å². The number of aliphatic hydroxyl groups excluding tert-OH is 1. The Kier molecular flexibility index (Phi) is 5.30. The van der Waals surface area contributed by atoms with Crippen LogP contribution in [0, 0.1) is 0 Å². The fourth-order valence-electron chi connectivity index (χ4n) is 2.13. The topological polar surface area (TPSA) is 71.7 Å². The summed E-state index contributed by atoms with van der Waals surface area (Å²) >= 11 is 1.43. The highest BCUT2D eigenvalue weighted by Crippen LogP contribution is 2.28. The van der Waals surface area contributed by atoms with Gasteiger partial charge in [-0.3, -0.25) is 4.79 Å². The molecule has 1 amide bonds. The maximum absolute atomic E-state index is 11.8. The van der Waals surface area contributed by atoms with E-state index in [1.807, 2.05) is 30.3 Å². The predicted octanol–water partition coefficient (Wildman–Crippen LogP) is 3.12. The number of hydrogen-bond acceptors (Lipinski definition) is 5. The zero-order valence-electron chi connectivity index (χ0n) is 12.8.